The molecule has 1 amide bonds. The molecule has 66 valence electrons. The van der Waals surface area contributed by atoms with Crippen LogP contribution in [0.5, 0.6) is 0 Å². The summed E-state index contributed by atoms with van der Waals surface area (Å²) >= 11 is 0. The molecule has 11 heavy (non-hydrogen) atoms. The van der Waals surface area contributed by atoms with Gasteiger partial charge in [0.15, 0.2) is 0 Å². The Kier molecular flexibility index (Phi) is 4.81. The molecule has 0 saturated carbocycles. The Labute approximate surface area is 67.7 Å². The van der Waals surface area contributed by atoms with Gasteiger partial charge in [-0.2, -0.15) is 0 Å². The third-order valence-corrected chi connectivity index (χ3v) is 1.73. The van der Waals surface area contributed by atoms with E-state index in [1.54, 1.807) is 0 Å². The van der Waals surface area contributed by atoms with Crippen molar-refractivity contribution in [1.82, 2.24) is 10.3 Å². The summed E-state index contributed by atoms with van der Waals surface area (Å²) in [5.41, 5.74) is 2.09. The topological polar surface area (TPSA) is 58.4 Å². The summed E-state index contributed by atoms with van der Waals surface area (Å²) in [5.74, 6) is 4.80. The molecule has 4 heteroatoms. The van der Waals surface area contributed by atoms with Gasteiger partial charge in [-0.25, -0.2) is 5.84 Å². The lowest BCUT2D eigenvalue weighted by Crippen LogP contribution is -2.35. The van der Waals surface area contributed by atoms with Crippen LogP contribution >= 0.6 is 0 Å². The van der Waals surface area contributed by atoms with Crippen LogP contribution in [0.2, 0.25) is 0 Å². The Hall–Kier alpha value is -0.610. The van der Waals surface area contributed by atoms with Crippen LogP contribution in [0.3, 0.4) is 0 Å². The van der Waals surface area contributed by atoms with Gasteiger partial charge in [0.25, 0.3) is 0 Å². The first kappa shape index (κ1) is 10.4. The summed E-state index contributed by atoms with van der Waals surface area (Å²) in [5, 5.41) is 0. The van der Waals surface area contributed by atoms with Crippen LogP contribution in [-0.4, -0.2) is 30.4 Å². The third-order valence-electron chi connectivity index (χ3n) is 1.73. The molecular weight excluding hydrogens is 142 g/mol. The van der Waals surface area contributed by atoms with Crippen LogP contribution in [0.25, 0.3) is 0 Å². The van der Waals surface area contributed by atoms with Crippen molar-refractivity contribution in [2.24, 2.45) is 5.84 Å². The van der Waals surface area contributed by atoms with Gasteiger partial charge in [0.05, 0.1) is 0 Å². The maximum atomic E-state index is 10.7. The minimum atomic E-state index is -0.113. The zero-order chi connectivity index (χ0) is 8.85. The van der Waals surface area contributed by atoms with Crippen molar-refractivity contribution >= 4 is 5.91 Å². The molecule has 0 heterocycles. The Morgan fingerprint density at radius 2 is 2.18 bits per heavy atom. The Morgan fingerprint density at radius 1 is 1.64 bits per heavy atom. The summed E-state index contributed by atoms with van der Waals surface area (Å²) < 4.78 is 0. The number of hydrogen-bond acceptors (Lipinski definition) is 3. The second-order valence-electron chi connectivity index (χ2n) is 2.89. The molecule has 0 atom stereocenters. The molecule has 0 aromatic carbocycles. The molecule has 0 aromatic heterocycles. The average molecular weight is 159 g/mol. The molecule has 0 bridgehead atoms. The SMILES string of the molecule is CC(C)N(C)CCC(=O)NN. The number of hydrogen-bond donors (Lipinski definition) is 2. The minimum absolute atomic E-state index is 0.113. The predicted octanol–water partition coefficient (Wildman–Crippen LogP) is -0.293. The van der Waals surface area contributed by atoms with Crippen molar-refractivity contribution in [2.75, 3.05) is 13.6 Å². The lowest BCUT2D eigenvalue weighted by molar-refractivity contribution is -0.121. The van der Waals surface area contributed by atoms with Crippen molar-refractivity contribution in [3.63, 3.8) is 0 Å². The number of carbonyl (C=O) groups is 1. The molecule has 4 nitrogen and oxygen atoms in total. The van der Waals surface area contributed by atoms with Crippen LogP contribution in [0.4, 0.5) is 0 Å². The van der Waals surface area contributed by atoms with Crippen molar-refractivity contribution in [3.05, 3.63) is 0 Å². The van der Waals surface area contributed by atoms with Crippen LogP contribution in [0, 0.1) is 0 Å². The van der Waals surface area contributed by atoms with Gasteiger partial charge in [-0.1, -0.05) is 0 Å². The summed E-state index contributed by atoms with van der Waals surface area (Å²) in [6, 6.07) is 0.473. The molecule has 0 unspecified atom stereocenters. The minimum Gasteiger partial charge on any atom is -0.303 e. The van der Waals surface area contributed by atoms with E-state index < -0.39 is 0 Å². The van der Waals surface area contributed by atoms with Gasteiger partial charge < -0.3 is 4.90 Å². The smallest absolute Gasteiger partial charge is 0.235 e. The van der Waals surface area contributed by atoms with Crippen molar-refractivity contribution < 1.29 is 4.79 Å². The first-order valence-electron chi connectivity index (χ1n) is 3.77. The lowest BCUT2D eigenvalue weighted by atomic mass is 10.3. The van der Waals surface area contributed by atoms with Gasteiger partial charge in [0.1, 0.15) is 0 Å². The van der Waals surface area contributed by atoms with Gasteiger partial charge in [-0.05, 0) is 20.9 Å². The van der Waals surface area contributed by atoms with Crippen molar-refractivity contribution in [2.45, 2.75) is 26.3 Å². The van der Waals surface area contributed by atoms with Gasteiger partial charge in [-0.15, -0.1) is 0 Å². The highest BCUT2D eigenvalue weighted by Crippen LogP contribution is 1.94. The highest BCUT2D eigenvalue weighted by molar-refractivity contribution is 5.75. The Bertz CT molecular complexity index is 125. The van der Waals surface area contributed by atoms with E-state index in [1.165, 1.54) is 0 Å². The molecule has 0 fully saturated rings. The van der Waals surface area contributed by atoms with Crippen molar-refractivity contribution in [3.8, 4) is 0 Å². The number of nitrogens with two attached hydrogens (primary N) is 1. The van der Waals surface area contributed by atoms with Gasteiger partial charge in [0, 0.05) is 19.0 Å². The number of nitrogens with one attached hydrogen (secondary N) is 1. The van der Waals surface area contributed by atoms with E-state index in [1.807, 2.05) is 7.05 Å². The summed E-state index contributed by atoms with van der Waals surface area (Å²) in [4.78, 5) is 12.8. The van der Waals surface area contributed by atoms with Gasteiger partial charge in [-0.3, -0.25) is 10.2 Å². The highest BCUT2D eigenvalue weighted by atomic mass is 16.2. The monoisotopic (exact) mass is 159 g/mol. The Morgan fingerprint density at radius 3 is 2.55 bits per heavy atom. The van der Waals surface area contributed by atoms with E-state index in [9.17, 15) is 4.79 Å². The highest BCUT2D eigenvalue weighted by Gasteiger charge is 2.04. The standard InChI is InChI=1S/C7H17N3O/c1-6(2)10(3)5-4-7(11)9-8/h6H,4-5,8H2,1-3H3,(H,9,11). The lowest BCUT2D eigenvalue weighted by Gasteiger charge is -2.19. The third kappa shape index (κ3) is 4.75. The zero-order valence-corrected chi connectivity index (χ0v) is 7.42. The van der Waals surface area contributed by atoms with E-state index in [0.29, 0.717) is 12.5 Å². The molecule has 0 spiro atoms. The van der Waals surface area contributed by atoms with Crippen molar-refractivity contribution in [1.29, 1.82) is 0 Å². The van der Waals surface area contributed by atoms with E-state index in [0.717, 1.165) is 6.54 Å². The molecule has 0 aliphatic heterocycles. The molecule has 3 N–H and O–H groups in total. The molecule has 0 aromatic rings. The van der Waals surface area contributed by atoms with E-state index >= 15 is 0 Å². The number of hydrazine groups is 1. The summed E-state index contributed by atoms with van der Waals surface area (Å²) in [7, 11) is 1.98. The first-order valence-corrected chi connectivity index (χ1v) is 3.77. The first-order chi connectivity index (χ1) is 5.07. The second kappa shape index (κ2) is 5.09. The molecule has 0 aliphatic carbocycles. The number of nitrogens with zero attached hydrogens (tertiary/aromatic N) is 1. The van der Waals surface area contributed by atoms with Gasteiger partial charge >= 0.3 is 0 Å². The summed E-state index contributed by atoms with van der Waals surface area (Å²) in [6.45, 7) is 4.92. The number of carbonyl (C=O) groups excluding carboxylic acids is 1. The maximum Gasteiger partial charge on any atom is 0.235 e. The summed E-state index contributed by atoms with van der Waals surface area (Å²) in [6.07, 6.45) is 0.463. The van der Waals surface area contributed by atoms with E-state index in [-0.39, 0.29) is 5.91 Å². The van der Waals surface area contributed by atoms with Crippen LogP contribution in [0.1, 0.15) is 20.3 Å². The average Bonchev–Trinajstić information content (AvgIpc) is 1.99. The molecule has 0 saturated heterocycles. The predicted molar refractivity (Wildman–Crippen MR) is 44.7 cm³/mol. The van der Waals surface area contributed by atoms with E-state index in [2.05, 4.69) is 24.2 Å². The molecule has 0 rings (SSSR count). The molecular formula is C7H17N3O. The van der Waals surface area contributed by atoms with Crippen LogP contribution in [-0.2, 0) is 4.79 Å². The quantitative estimate of drug-likeness (QED) is 0.336. The van der Waals surface area contributed by atoms with Gasteiger partial charge in [0.2, 0.25) is 5.91 Å². The largest absolute Gasteiger partial charge is 0.303 e. The fourth-order valence-corrected chi connectivity index (χ4v) is 0.608. The maximum absolute atomic E-state index is 10.7. The number of rotatable bonds is 4. The van der Waals surface area contributed by atoms with Crippen LogP contribution < -0.4 is 11.3 Å². The normalized spacial score (nSPS) is 10.7. The second-order valence-corrected chi connectivity index (χ2v) is 2.89. The Balaban J connectivity index is 3.45. The fraction of sp³-hybridized carbons (Fsp3) is 0.857. The van der Waals surface area contributed by atoms with Crippen LogP contribution in [0.15, 0.2) is 0 Å². The van der Waals surface area contributed by atoms with E-state index in [4.69, 9.17) is 5.84 Å². The molecule has 0 aliphatic rings. The fourth-order valence-electron chi connectivity index (χ4n) is 0.608. The zero-order valence-electron chi connectivity index (χ0n) is 7.42. The number of amides is 1. The molecule has 0 radical (unpaired) electrons.